The number of nitrogens with zero attached hydrogens (tertiary/aromatic N) is 3. The van der Waals surface area contributed by atoms with Crippen molar-refractivity contribution in [3.05, 3.63) is 52.4 Å². The standard InChI is InChI=1S/C21H19F3N4O2S/c1-10(2)13-8-14(17(30)9-16(13)29)19-25-26-20(31)28(19)12-4-5-15-11(6-12)7-18(27(15)3)21(22,23)24/h4-10,29-30H,1-3H3,(H,26,31). The highest BCUT2D eigenvalue weighted by Crippen LogP contribution is 2.38. The van der Waals surface area contributed by atoms with Crippen LogP contribution in [0.25, 0.3) is 28.0 Å². The van der Waals surface area contributed by atoms with Crippen LogP contribution in [0.15, 0.2) is 36.4 Å². The highest BCUT2D eigenvalue weighted by molar-refractivity contribution is 7.71. The van der Waals surface area contributed by atoms with Gasteiger partial charge in [0.25, 0.3) is 0 Å². The van der Waals surface area contributed by atoms with Gasteiger partial charge in [-0.05, 0) is 54.0 Å². The molecule has 0 aliphatic heterocycles. The van der Waals surface area contributed by atoms with Gasteiger partial charge in [-0.25, -0.2) is 0 Å². The third kappa shape index (κ3) is 3.46. The molecule has 0 unspecified atom stereocenters. The van der Waals surface area contributed by atoms with Crippen molar-refractivity contribution in [3.63, 3.8) is 0 Å². The quantitative estimate of drug-likeness (QED) is 0.354. The normalized spacial score (nSPS) is 12.2. The van der Waals surface area contributed by atoms with Crippen molar-refractivity contribution in [2.24, 2.45) is 7.05 Å². The number of aryl methyl sites for hydroxylation is 1. The van der Waals surface area contributed by atoms with E-state index < -0.39 is 11.9 Å². The topological polar surface area (TPSA) is 79.0 Å². The molecule has 4 aromatic rings. The van der Waals surface area contributed by atoms with Gasteiger partial charge in [0.15, 0.2) is 10.6 Å². The zero-order valence-electron chi connectivity index (χ0n) is 16.8. The van der Waals surface area contributed by atoms with Crippen molar-refractivity contribution >= 4 is 23.1 Å². The van der Waals surface area contributed by atoms with E-state index in [0.717, 1.165) is 10.6 Å². The van der Waals surface area contributed by atoms with Crippen LogP contribution in [0.1, 0.15) is 31.0 Å². The van der Waals surface area contributed by atoms with Crippen LogP contribution >= 0.6 is 12.2 Å². The first-order valence-corrected chi connectivity index (χ1v) is 9.80. The second-order valence-electron chi connectivity index (χ2n) is 7.60. The fourth-order valence-electron chi connectivity index (χ4n) is 3.70. The summed E-state index contributed by atoms with van der Waals surface area (Å²) in [5.41, 5.74) is 1.09. The number of benzene rings is 2. The number of H-pyrrole nitrogens is 1. The summed E-state index contributed by atoms with van der Waals surface area (Å²) in [4.78, 5) is 0. The monoisotopic (exact) mass is 448 g/mol. The van der Waals surface area contributed by atoms with Crippen LogP contribution in [0.5, 0.6) is 11.5 Å². The highest BCUT2D eigenvalue weighted by Gasteiger charge is 2.34. The minimum atomic E-state index is -4.48. The molecule has 0 aliphatic carbocycles. The molecule has 4 rings (SSSR count). The third-order valence-electron chi connectivity index (χ3n) is 5.25. The predicted molar refractivity (Wildman–Crippen MR) is 113 cm³/mol. The fourth-order valence-corrected chi connectivity index (χ4v) is 3.94. The molecule has 162 valence electrons. The van der Waals surface area contributed by atoms with E-state index in [0.29, 0.717) is 27.7 Å². The number of fused-ring (bicyclic) bond motifs is 1. The Morgan fingerprint density at radius 3 is 2.42 bits per heavy atom. The minimum Gasteiger partial charge on any atom is -0.508 e. The lowest BCUT2D eigenvalue weighted by molar-refractivity contribution is -0.142. The van der Waals surface area contributed by atoms with Crippen LogP contribution in [0.3, 0.4) is 0 Å². The molecule has 2 heterocycles. The number of phenols is 2. The molecule has 0 radical (unpaired) electrons. The lowest BCUT2D eigenvalue weighted by Crippen LogP contribution is -2.10. The Labute approximate surface area is 180 Å². The van der Waals surface area contributed by atoms with Crippen LogP contribution in [-0.2, 0) is 13.2 Å². The molecule has 0 saturated carbocycles. The Morgan fingerprint density at radius 2 is 1.77 bits per heavy atom. The molecule has 2 aromatic heterocycles. The van der Waals surface area contributed by atoms with E-state index in [1.165, 1.54) is 17.7 Å². The maximum atomic E-state index is 13.3. The summed E-state index contributed by atoms with van der Waals surface area (Å²) < 4.78 is 42.7. The van der Waals surface area contributed by atoms with Gasteiger partial charge in [-0.2, -0.15) is 18.3 Å². The maximum absolute atomic E-state index is 13.3. The fraction of sp³-hybridized carbons (Fsp3) is 0.238. The molecule has 2 aromatic carbocycles. The summed E-state index contributed by atoms with van der Waals surface area (Å²) in [5.74, 6) is 0.0199. The number of phenolic OH excluding ortho intramolecular Hbond substituents is 2. The molecule has 0 fully saturated rings. The Bertz CT molecular complexity index is 1370. The number of aromatic hydroxyl groups is 2. The summed E-state index contributed by atoms with van der Waals surface area (Å²) in [6.07, 6.45) is -4.48. The van der Waals surface area contributed by atoms with Gasteiger partial charge in [0.05, 0.1) is 11.3 Å². The second-order valence-corrected chi connectivity index (χ2v) is 7.99. The molecular weight excluding hydrogens is 429 g/mol. The summed E-state index contributed by atoms with van der Waals surface area (Å²) in [5, 5.41) is 27.8. The molecule has 0 amide bonds. The molecule has 3 N–H and O–H groups in total. The number of hydrogen-bond donors (Lipinski definition) is 3. The number of aromatic nitrogens is 4. The predicted octanol–water partition coefficient (Wildman–Crippen LogP) is 5.64. The lowest BCUT2D eigenvalue weighted by Gasteiger charge is -2.13. The second kappa shape index (κ2) is 7.16. The summed E-state index contributed by atoms with van der Waals surface area (Å²) >= 11 is 5.35. The van der Waals surface area contributed by atoms with Gasteiger partial charge in [0.2, 0.25) is 0 Å². The van der Waals surface area contributed by atoms with Crippen molar-refractivity contribution < 1.29 is 23.4 Å². The Kier molecular flexibility index (Phi) is 4.84. The van der Waals surface area contributed by atoms with E-state index >= 15 is 0 Å². The molecule has 0 saturated heterocycles. The van der Waals surface area contributed by atoms with Crippen LogP contribution in [0.2, 0.25) is 0 Å². The van der Waals surface area contributed by atoms with Crippen molar-refractivity contribution in [1.82, 2.24) is 19.3 Å². The highest BCUT2D eigenvalue weighted by atomic mass is 32.1. The van der Waals surface area contributed by atoms with E-state index in [-0.39, 0.29) is 28.0 Å². The average molecular weight is 448 g/mol. The van der Waals surface area contributed by atoms with Crippen LogP contribution in [-0.4, -0.2) is 29.5 Å². The van der Waals surface area contributed by atoms with Crippen LogP contribution in [0, 0.1) is 4.77 Å². The summed E-state index contributed by atoms with van der Waals surface area (Å²) in [6, 6.07) is 8.74. The van der Waals surface area contributed by atoms with Gasteiger partial charge in [0, 0.05) is 24.0 Å². The molecule has 6 nitrogen and oxygen atoms in total. The first-order chi connectivity index (χ1) is 14.5. The van der Waals surface area contributed by atoms with Crippen molar-refractivity contribution in [2.45, 2.75) is 25.9 Å². The number of hydrogen-bond acceptors (Lipinski definition) is 4. The maximum Gasteiger partial charge on any atom is 0.431 e. The number of aromatic amines is 1. The van der Waals surface area contributed by atoms with Gasteiger partial charge in [-0.15, -0.1) is 0 Å². The van der Waals surface area contributed by atoms with E-state index in [1.54, 1.807) is 24.3 Å². The molecule has 0 spiro atoms. The van der Waals surface area contributed by atoms with Crippen molar-refractivity contribution in [2.75, 3.05) is 0 Å². The van der Waals surface area contributed by atoms with Gasteiger partial charge in [0.1, 0.15) is 17.2 Å². The SMILES string of the molecule is CC(C)c1cc(-c2n[nH]c(=S)n2-c2ccc3c(c2)cc(C(F)(F)F)n3C)c(O)cc1O. The van der Waals surface area contributed by atoms with Gasteiger partial charge in [-0.3, -0.25) is 9.67 Å². The first-order valence-electron chi connectivity index (χ1n) is 9.39. The molecule has 0 atom stereocenters. The summed E-state index contributed by atoms with van der Waals surface area (Å²) in [6.45, 7) is 3.79. The molecule has 31 heavy (non-hydrogen) atoms. The molecular formula is C21H19F3N4O2S. The van der Waals surface area contributed by atoms with Gasteiger partial charge < -0.3 is 14.8 Å². The van der Waals surface area contributed by atoms with Crippen molar-refractivity contribution in [1.29, 1.82) is 0 Å². The van der Waals surface area contributed by atoms with E-state index in [1.807, 2.05) is 13.8 Å². The van der Waals surface area contributed by atoms with Gasteiger partial charge >= 0.3 is 6.18 Å². The van der Waals surface area contributed by atoms with Gasteiger partial charge in [-0.1, -0.05) is 13.8 Å². The number of rotatable bonds is 3. The van der Waals surface area contributed by atoms with E-state index in [4.69, 9.17) is 12.2 Å². The number of nitrogens with one attached hydrogen (secondary N) is 1. The average Bonchev–Trinajstić information content (AvgIpc) is 3.21. The molecule has 10 heteroatoms. The third-order valence-corrected chi connectivity index (χ3v) is 5.53. The van der Waals surface area contributed by atoms with E-state index in [2.05, 4.69) is 10.2 Å². The van der Waals surface area contributed by atoms with E-state index in [9.17, 15) is 23.4 Å². The molecule has 0 bridgehead atoms. The number of alkyl halides is 3. The largest absolute Gasteiger partial charge is 0.508 e. The Morgan fingerprint density at radius 1 is 1.06 bits per heavy atom. The zero-order valence-corrected chi connectivity index (χ0v) is 17.6. The minimum absolute atomic E-state index is 0.0174. The van der Waals surface area contributed by atoms with Crippen LogP contribution in [0.4, 0.5) is 13.2 Å². The smallest absolute Gasteiger partial charge is 0.431 e. The number of halogens is 3. The zero-order chi connectivity index (χ0) is 22.7. The Balaban J connectivity index is 1.92. The molecule has 0 aliphatic rings. The lowest BCUT2D eigenvalue weighted by atomic mass is 9.98. The Hall–Kier alpha value is -3.27. The first kappa shape index (κ1) is 21.0. The van der Waals surface area contributed by atoms with Crippen molar-refractivity contribution in [3.8, 4) is 28.6 Å². The summed E-state index contributed by atoms with van der Waals surface area (Å²) in [7, 11) is 1.36. The van der Waals surface area contributed by atoms with Crippen LogP contribution < -0.4 is 0 Å².